The molecule has 0 fully saturated rings. The molecule has 117 heavy (non-hydrogen) atoms. The first kappa shape index (κ1) is 95.7. The van der Waals surface area contributed by atoms with Crippen molar-refractivity contribution < 1.29 is 137 Å². The van der Waals surface area contributed by atoms with E-state index in [-0.39, 0.29) is 37.0 Å². The summed E-state index contributed by atoms with van der Waals surface area (Å²) in [5.41, 5.74) is 13.3. The van der Waals surface area contributed by atoms with Crippen LogP contribution in [0.2, 0.25) is 0 Å². The number of phenolic OH excluding ortho intramolecular Hbond substituents is 1. The number of unbranched alkanes of at least 4 members (excludes halogenated alkanes) is 1. The predicted molar refractivity (Wildman–Crippen MR) is 404 cm³/mol. The molecule has 0 aliphatic rings. The van der Waals surface area contributed by atoms with Crippen molar-refractivity contribution in [1.82, 2.24) is 68.8 Å². The highest BCUT2D eigenvalue weighted by molar-refractivity contribution is 6.01. The molecule has 0 bridgehead atoms. The number of carboxylic acids is 7. The van der Waals surface area contributed by atoms with Crippen LogP contribution in [0, 0.1) is 0 Å². The van der Waals surface area contributed by atoms with Crippen LogP contribution in [-0.2, 0) is 115 Å². The van der Waals surface area contributed by atoms with Crippen LogP contribution in [0.25, 0.3) is 10.9 Å². The molecule has 43 nitrogen and oxygen atoms in total. The number of aromatic nitrogens is 1. The van der Waals surface area contributed by atoms with Crippen LogP contribution in [0.5, 0.6) is 5.75 Å². The molecule has 4 aromatic rings. The summed E-state index contributed by atoms with van der Waals surface area (Å²) in [5.74, 6) is -26.3. The molecule has 1 aromatic heterocycles. The largest absolute Gasteiger partial charge is 0.508 e. The number of fused-ring (bicyclic) bond motifs is 1. The topological polar surface area (TPSA) is 715 Å². The van der Waals surface area contributed by atoms with Crippen molar-refractivity contribution in [2.24, 2.45) is 11.5 Å². The summed E-state index contributed by atoms with van der Waals surface area (Å²) in [6, 6.07) is -0.778. The van der Waals surface area contributed by atoms with Crippen molar-refractivity contribution in [2.75, 3.05) is 6.54 Å². The molecule has 3 aromatic carbocycles. The number of carbonyl (C=O) groups excluding carboxylic acids is 13. The quantitative estimate of drug-likeness (QED) is 0.0201. The molecular formula is C74H97N15O28. The number of nitrogens with one attached hydrogen (secondary N) is 13. The molecule has 0 aliphatic carbocycles. The lowest BCUT2D eigenvalue weighted by atomic mass is 10.0. The average Bonchev–Trinajstić information content (AvgIpc) is 1.70. The van der Waals surface area contributed by atoms with Gasteiger partial charge in [-0.3, -0.25) is 95.9 Å². The highest BCUT2D eigenvalue weighted by atomic mass is 16.4. The van der Waals surface area contributed by atoms with Gasteiger partial charge < -0.3 is 121 Å². The lowest BCUT2D eigenvalue weighted by Gasteiger charge is -2.27. The number of aromatic amines is 1. The van der Waals surface area contributed by atoms with E-state index in [1.807, 2.05) is 0 Å². The zero-order chi connectivity index (χ0) is 87.2. The Morgan fingerprint density at radius 3 is 1.17 bits per heavy atom. The Labute approximate surface area is 666 Å². The molecule has 0 saturated carbocycles. The van der Waals surface area contributed by atoms with Gasteiger partial charge in [-0.05, 0) is 86.8 Å². The van der Waals surface area contributed by atoms with Crippen LogP contribution in [0.1, 0.15) is 133 Å². The number of phenols is 1. The zero-order valence-corrected chi connectivity index (χ0v) is 63.6. The van der Waals surface area contributed by atoms with Crippen molar-refractivity contribution in [2.45, 2.75) is 208 Å². The fraction of sp³-hybridized carbons (Fsp3) is 0.459. The number of carboxylic acid groups (broad SMARTS) is 7. The van der Waals surface area contributed by atoms with Crippen molar-refractivity contribution in [3.8, 4) is 5.75 Å². The number of para-hydroxylation sites is 1. The number of benzene rings is 3. The van der Waals surface area contributed by atoms with E-state index in [9.17, 15) is 132 Å². The number of aromatic hydroxyl groups is 1. The van der Waals surface area contributed by atoms with E-state index < -0.39 is 288 Å². The van der Waals surface area contributed by atoms with E-state index in [0.29, 0.717) is 28.5 Å². The van der Waals surface area contributed by atoms with Crippen LogP contribution in [0.3, 0.4) is 0 Å². The van der Waals surface area contributed by atoms with Crippen molar-refractivity contribution in [3.63, 3.8) is 0 Å². The van der Waals surface area contributed by atoms with Crippen molar-refractivity contribution >= 4 is 129 Å². The molecule has 636 valence electrons. The Hall–Kier alpha value is -13.6. The van der Waals surface area contributed by atoms with Gasteiger partial charge in [0.05, 0.1) is 19.0 Å². The molecule has 0 aliphatic heterocycles. The molecule has 25 N–H and O–H groups in total. The van der Waals surface area contributed by atoms with E-state index in [1.54, 1.807) is 67.7 Å². The highest BCUT2D eigenvalue weighted by Gasteiger charge is 2.38. The molecular weight excluding hydrogens is 1550 g/mol. The SMILES string of the molecule is CCCC[C@H](NC(=O)[C@H](Cc1c[nH]c2ccccc12)NC(=O)CNC(=O)[C@H](Cc1ccc(O)cc1)NC(=O)[C@H](C)NC(=O)[C@@H](CCC(=O)O)NC(=O)[C@@H](CCC(=O)O)NC(=O)[C@@H](CCC(=O)O)NC(=O)[C@@H](CCC(=O)O)NC(=O)[C@@H](CCC(=O)O)NC(=O)[C@H](N)CCC(=O)O)C(=O)N[C@@H](CC(=O)O)C(=O)N[C@@H](Cc1ccccc1)C(N)=O. The molecule has 12 atom stereocenters. The van der Waals surface area contributed by atoms with E-state index >= 15 is 0 Å². The zero-order valence-electron chi connectivity index (χ0n) is 63.6. The fourth-order valence-corrected chi connectivity index (χ4v) is 11.4. The number of H-pyrrole nitrogens is 1. The fourth-order valence-electron chi connectivity index (χ4n) is 11.4. The third-order valence-electron chi connectivity index (χ3n) is 17.8. The number of aliphatic carboxylic acids is 7. The lowest BCUT2D eigenvalue weighted by molar-refractivity contribution is -0.141. The Morgan fingerprint density at radius 1 is 0.368 bits per heavy atom. The van der Waals surface area contributed by atoms with E-state index in [1.165, 1.54) is 24.3 Å². The highest BCUT2D eigenvalue weighted by Crippen LogP contribution is 2.21. The van der Waals surface area contributed by atoms with Gasteiger partial charge in [-0.1, -0.05) is 80.4 Å². The number of carbonyl (C=O) groups is 20. The lowest BCUT2D eigenvalue weighted by Crippen LogP contribution is -2.60. The van der Waals surface area contributed by atoms with Crippen LogP contribution < -0.4 is 75.3 Å². The van der Waals surface area contributed by atoms with E-state index in [2.05, 4.69) is 68.8 Å². The Morgan fingerprint density at radius 2 is 0.726 bits per heavy atom. The van der Waals surface area contributed by atoms with Crippen LogP contribution in [0.4, 0.5) is 0 Å². The van der Waals surface area contributed by atoms with Crippen LogP contribution >= 0.6 is 0 Å². The normalized spacial score (nSPS) is 14.0. The molecule has 13 amide bonds. The van der Waals surface area contributed by atoms with Gasteiger partial charge >= 0.3 is 41.8 Å². The van der Waals surface area contributed by atoms with Crippen molar-refractivity contribution in [1.29, 1.82) is 0 Å². The number of amides is 13. The number of hydrogen-bond donors (Lipinski definition) is 23. The Balaban J connectivity index is 1.59. The Kier molecular flexibility index (Phi) is 39.6. The van der Waals surface area contributed by atoms with E-state index in [4.69, 9.17) is 16.6 Å². The molecule has 1 heterocycles. The third-order valence-corrected chi connectivity index (χ3v) is 17.8. The van der Waals surface area contributed by atoms with Gasteiger partial charge in [-0.15, -0.1) is 0 Å². The predicted octanol–water partition coefficient (Wildman–Crippen LogP) is -3.96. The molecule has 4 rings (SSSR count). The summed E-state index contributed by atoms with van der Waals surface area (Å²) in [4.78, 5) is 266. The number of primary amides is 1. The first-order chi connectivity index (χ1) is 55.2. The van der Waals surface area contributed by atoms with Gasteiger partial charge in [0.15, 0.2) is 0 Å². The summed E-state index contributed by atoms with van der Waals surface area (Å²) in [6.45, 7) is 1.90. The summed E-state index contributed by atoms with van der Waals surface area (Å²) in [6.07, 6.45) is -9.09. The van der Waals surface area contributed by atoms with Gasteiger partial charge in [-0.25, -0.2) is 0 Å². The second kappa shape index (κ2) is 48.4. The maximum atomic E-state index is 14.6. The maximum Gasteiger partial charge on any atom is 0.305 e. The van der Waals surface area contributed by atoms with Crippen LogP contribution in [-0.4, -0.2) is 243 Å². The summed E-state index contributed by atoms with van der Waals surface area (Å²) in [5, 5.41) is 105. The van der Waals surface area contributed by atoms with Gasteiger partial charge in [0.2, 0.25) is 76.8 Å². The maximum absolute atomic E-state index is 14.6. The minimum Gasteiger partial charge on any atom is -0.508 e. The number of hydrogen-bond acceptors (Lipinski definition) is 22. The molecule has 0 spiro atoms. The monoisotopic (exact) mass is 1640 g/mol. The smallest absolute Gasteiger partial charge is 0.305 e. The van der Waals surface area contributed by atoms with Crippen molar-refractivity contribution in [3.05, 3.63) is 102 Å². The van der Waals surface area contributed by atoms with Crippen LogP contribution in [0.15, 0.2) is 85.1 Å². The third kappa shape index (κ3) is 35.1. The second-order valence-corrected chi connectivity index (χ2v) is 27.1. The second-order valence-electron chi connectivity index (χ2n) is 27.1. The van der Waals surface area contributed by atoms with E-state index in [0.717, 1.165) is 6.92 Å². The number of rotatable bonds is 54. The van der Waals surface area contributed by atoms with Gasteiger partial charge in [0, 0.05) is 74.9 Å². The molecule has 0 radical (unpaired) electrons. The van der Waals surface area contributed by atoms with Gasteiger partial charge in [0.25, 0.3) is 0 Å². The summed E-state index contributed by atoms with van der Waals surface area (Å²) < 4.78 is 0. The van der Waals surface area contributed by atoms with Gasteiger partial charge in [0.1, 0.15) is 72.2 Å². The molecule has 43 heteroatoms. The average molecular weight is 1640 g/mol. The summed E-state index contributed by atoms with van der Waals surface area (Å²) in [7, 11) is 0. The standard InChI is InChI=1S/C74H97N15O28/c1-3-4-13-45(68(111)89-54(34-62(104)105)74(117)87-51(63(76)106)31-38-10-6-5-7-11-38)82-73(116)53(33-40-35-77-44-14-9-8-12-42(40)44)80-55(91)36-78-66(109)52(32-39-15-17-41(90)18-16-39)88-64(107)37(2)79-67(110)46(20-26-57(94)95)83-70(113)48(22-28-59(98)99)85-72(115)50(24-30-61(102)103)86-71(114)49(23-29-60(100)101)84-69(112)47(21-27-58(96)97)81-65(108)43(75)19-25-56(92)93/h5-12,14-18,35,37,43,45-54,77,90H,3-4,13,19-34,36,75H2,1-2H3,(H2,76,106)(H,78,109)(H,79,110)(H,80,91)(H,81,108)(H,82,116)(H,83,113)(H,84,112)(H,85,115)(H,86,114)(H,87,117)(H,88,107)(H,89,111)(H,92,93)(H,94,95)(H,96,97)(H,98,99)(H,100,101)(H,102,103)(H,104,105)/t37-,43+,45-,46+,47+,48+,49+,50+,51-,52-,53-,54-/m0/s1. The first-order valence-corrected chi connectivity index (χ1v) is 36.8. The van der Waals surface area contributed by atoms with Gasteiger partial charge in [-0.2, -0.15) is 0 Å². The minimum atomic E-state index is -2.07. The summed E-state index contributed by atoms with van der Waals surface area (Å²) >= 11 is 0. The number of nitrogens with two attached hydrogens (primary N) is 2. The molecule has 0 unspecified atom stereocenters. The Bertz CT molecular complexity index is 4240. The minimum absolute atomic E-state index is 0.0896. The molecule has 0 saturated heterocycles. The first-order valence-electron chi connectivity index (χ1n) is 36.8.